The van der Waals surface area contributed by atoms with Crippen LogP contribution in [0.5, 0.6) is 5.75 Å². The van der Waals surface area contributed by atoms with Crippen LogP contribution in [0.2, 0.25) is 0 Å². The Morgan fingerprint density at radius 1 is 1.40 bits per heavy atom. The SMILES string of the molecule is CC(C)CCc1[nH]nc2cc(O)ccc12. The van der Waals surface area contributed by atoms with Crippen LogP contribution in [0.15, 0.2) is 18.2 Å². The first-order valence-electron chi connectivity index (χ1n) is 5.33. The van der Waals surface area contributed by atoms with E-state index in [9.17, 15) is 5.11 Å². The molecule has 0 fully saturated rings. The fraction of sp³-hybridized carbons (Fsp3) is 0.417. The first-order chi connectivity index (χ1) is 7.16. The Balaban J connectivity index is 2.29. The number of nitrogens with zero attached hydrogens (tertiary/aromatic N) is 1. The summed E-state index contributed by atoms with van der Waals surface area (Å²) in [5.74, 6) is 0.963. The first kappa shape index (κ1) is 10.0. The number of aryl methyl sites for hydroxylation is 1. The molecule has 0 aliphatic carbocycles. The highest BCUT2D eigenvalue weighted by Crippen LogP contribution is 2.22. The van der Waals surface area contributed by atoms with Crippen LogP contribution < -0.4 is 0 Å². The number of fused-ring (bicyclic) bond motifs is 1. The quantitative estimate of drug-likeness (QED) is 0.807. The van der Waals surface area contributed by atoms with Crippen molar-refractivity contribution in [3.63, 3.8) is 0 Å². The standard InChI is InChI=1S/C12H16N2O/c1-8(2)3-6-11-10-5-4-9(15)7-12(10)14-13-11/h4-5,7-8,15H,3,6H2,1-2H3,(H,13,14). The summed E-state index contributed by atoms with van der Waals surface area (Å²) in [7, 11) is 0. The zero-order valence-corrected chi connectivity index (χ0v) is 9.12. The van der Waals surface area contributed by atoms with Crippen LogP contribution in [-0.4, -0.2) is 15.3 Å². The molecule has 80 valence electrons. The van der Waals surface area contributed by atoms with E-state index in [0.717, 1.165) is 23.7 Å². The van der Waals surface area contributed by atoms with Gasteiger partial charge in [-0.05, 0) is 30.9 Å². The summed E-state index contributed by atoms with van der Waals surface area (Å²) < 4.78 is 0. The van der Waals surface area contributed by atoms with Gasteiger partial charge in [0.05, 0.1) is 5.52 Å². The van der Waals surface area contributed by atoms with E-state index in [2.05, 4.69) is 24.0 Å². The van der Waals surface area contributed by atoms with Gasteiger partial charge in [-0.25, -0.2) is 0 Å². The summed E-state index contributed by atoms with van der Waals surface area (Å²) in [4.78, 5) is 0. The predicted octanol–water partition coefficient (Wildman–Crippen LogP) is 2.86. The van der Waals surface area contributed by atoms with Crippen LogP contribution in [0.1, 0.15) is 26.0 Å². The molecule has 2 aromatic rings. The van der Waals surface area contributed by atoms with Gasteiger partial charge in [-0.15, -0.1) is 0 Å². The number of aromatic amines is 1. The summed E-state index contributed by atoms with van der Waals surface area (Å²) >= 11 is 0. The molecule has 1 aromatic carbocycles. The lowest BCUT2D eigenvalue weighted by Crippen LogP contribution is -1.92. The molecule has 0 spiro atoms. The van der Waals surface area contributed by atoms with Crippen LogP contribution >= 0.6 is 0 Å². The van der Waals surface area contributed by atoms with Gasteiger partial charge in [0, 0.05) is 17.1 Å². The monoisotopic (exact) mass is 204 g/mol. The second kappa shape index (κ2) is 3.93. The number of rotatable bonds is 3. The Hall–Kier alpha value is -1.51. The number of hydrogen-bond acceptors (Lipinski definition) is 2. The number of aromatic nitrogens is 2. The second-order valence-corrected chi connectivity index (χ2v) is 4.34. The van der Waals surface area contributed by atoms with Crippen LogP contribution in [0, 0.1) is 5.92 Å². The van der Waals surface area contributed by atoms with E-state index < -0.39 is 0 Å². The Kier molecular flexibility index (Phi) is 2.62. The molecule has 0 atom stereocenters. The van der Waals surface area contributed by atoms with Crippen molar-refractivity contribution in [3.05, 3.63) is 23.9 Å². The van der Waals surface area contributed by atoms with Gasteiger partial charge in [0.25, 0.3) is 0 Å². The third-order valence-corrected chi connectivity index (χ3v) is 2.59. The molecule has 3 nitrogen and oxygen atoms in total. The van der Waals surface area contributed by atoms with E-state index in [0.29, 0.717) is 5.92 Å². The van der Waals surface area contributed by atoms with Gasteiger partial charge in [0.2, 0.25) is 0 Å². The Morgan fingerprint density at radius 2 is 2.20 bits per heavy atom. The van der Waals surface area contributed by atoms with Crippen molar-refractivity contribution in [2.24, 2.45) is 5.92 Å². The lowest BCUT2D eigenvalue weighted by molar-refractivity contribution is 0.476. The third kappa shape index (κ3) is 2.12. The second-order valence-electron chi connectivity index (χ2n) is 4.34. The molecule has 0 saturated heterocycles. The average Bonchev–Trinajstić information content (AvgIpc) is 2.57. The molecule has 0 bridgehead atoms. The van der Waals surface area contributed by atoms with Crippen molar-refractivity contribution >= 4 is 10.9 Å². The predicted molar refractivity (Wildman–Crippen MR) is 60.9 cm³/mol. The summed E-state index contributed by atoms with van der Waals surface area (Å²) in [5, 5.41) is 17.6. The van der Waals surface area contributed by atoms with Crippen LogP contribution in [0.25, 0.3) is 10.9 Å². The molecule has 2 rings (SSSR count). The molecule has 1 aromatic heterocycles. The molecule has 0 aliphatic heterocycles. The van der Waals surface area contributed by atoms with Crippen LogP contribution in [0.4, 0.5) is 0 Å². The number of benzene rings is 1. The van der Waals surface area contributed by atoms with E-state index in [1.54, 1.807) is 12.1 Å². The molecule has 3 heteroatoms. The number of aromatic hydroxyl groups is 1. The lowest BCUT2D eigenvalue weighted by Gasteiger charge is -2.02. The maximum atomic E-state index is 9.30. The molecule has 0 amide bonds. The Bertz CT molecular complexity index is 460. The summed E-state index contributed by atoms with van der Waals surface area (Å²) in [6, 6.07) is 5.31. The molecule has 0 saturated carbocycles. The van der Waals surface area contributed by atoms with E-state index in [-0.39, 0.29) is 5.75 Å². The Morgan fingerprint density at radius 3 is 2.93 bits per heavy atom. The van der Waals surface area contributed by atoms with Crippen molar-refractivity contribution in [2.45, 2.75) is 26.7 Å². The number of phenols is 1. The third-order valence-electron chi connectivity index (χ3n) is 2.59. The number of phenolic OH excluding ortho intramolecular Hbond substituents is 1. The van der Waals surface area contributed by atoms with Gasteiger partial charge < -0.3 is 5.11 Å². The fourth-order valence-corrected chi connectivity index (χ4v) is 1.68. The van der Waals surface area contributed by atoms with Crippen LogP contribution in [-0.2, 0) is 6.42 Å². The molecule has 1 heterocycles. The molecular formula is C12H16N2O. The molecule has 15 heavy (non-hydrogen) atoms. The van der Waals surface area contributed by atoms with Crippen molar-refractivity contribution < 1.29 is 5.11 Å². The highest BCUT2D eigenvalue weighted by molar-refractivity contribution is 5.82. The van der Waals surface area contributed by atoms with E-state index in [1.165, 1.54) is 5.69 Å². The van der Waals surface area contributed by atoms with Crippen LogP contribution in [0.3, 0.4) is 0 Å². The van der Waals surface area contributed by atoms with Gasteiger partial charge in [-0.2, -0.15) is 5.10 Å². The smallest absolute Gasteiger partial charge is 0.117 e. The highest BCUT2D eigenvalue weighted by Gasteiger charge is 2.06. The number of nitrogens with one attached hydrogen (secondary N) is 1. The van der Waals surface area contributed by atoms with E-state index in [4.69, 9.17) is 0 Å². The fourth-order valence-electron chi connectivity index (χ4n) is 1.68. The average molecular weight is 204 g/mol. The van der Waals surface area contributed by atoms with Crippen molar-refractivity contribution in [2.75, 3.05) is 0 Å². The summed E-state index contributed by atoms with van der Waals surface area (Å²) in [5.41, 5.74) is 2.01. The summed E-state index contributed by atoms with van der Waals surface area (Å²) in [6.45, 7) is 4.43. The highest BCUT2D eigenvalue weighted by atomic mass is 16.3. The minimum absolute atomic E-state index is 0.268. The van der Waals surface area contributed by atoms with Crippen molar-refractivity contribution in [1.29, 1.82) is 0 Å². The van der Waals surface area contributed by atoms with Gasteiger partial charge in [0.15, 0.2) is 0 Å². The molecule has 0 aliphatic rings. The zero-order valence-electron chi connectivity index (χ0n) is 9.12. The van der Waals surface area contributed by atoms with E-state index >= 15 is 0 Å². The first-order valence-corrected chi connectivity index (χ1v) is 5.33. The lowest BCUT2D eigenvalue weighted by atomic mass is 10.0. The molecule has 2 N–H and O–H groups in total. The maximum absolute atomic E-state index is 9.30. The van der Waals surface area contributed by atoms with Gasteiger partial charge in [-0.3, -0.25) is 5.10 Å². The minimum Gasteiger partial charge on any atom is -0.508 e. The molecular weight excluding hydrogens is 188 g/mol. The van der Waals surface area contributed by atoms with Gasteiger partial charge in [-0.1, -0.05) is 13.8 Å². The number of H-pyrrole nitrogens is 1. The maximum Gasteiger partial charge on any atom is 0.117 e. The van der Waals surface area contributed by atoms with Gasteiger partial charge in [0.1, 0.15) is 5.75 Å². The largest absolute Gasteiger partial charge is 0.508 e. The molecule has 0 radical (unpaired) electrons. The minimum atomic E-state index is 0.268. The Labute approximate surface area is 89.1 Å². The zero-order chi connectivity index (χ0) is 10.8. The topological polar surface area (TPSA) is 48.9 Å². The van der Waals surface area contributed by atoms with Crippen molar-refractivity contribution in [1.82, 2.24) is 10.2 Å². The molecule has 0 unspecified atom stereocenters. The van der Waals surface area contributed by atoms with E-state index in [1.807, 2.05) is 6.07 Å². The van der Waals surface area contributed by atoms with Crippen molar-refractivity contribution in [3.8, 4) is 5.75 Å². The van der Waals surface area contributed by atoms with Gasteiger partial charge >= 0.3 is 0 Å². The summed E-state index contributed by atoms with van der Waals surface area (Å²) in [6.07, 6.45) is 2.16. The number of hydrogen-bond donors (Lipinski definition) is 2. The normalized spacial score (nSPS) is 11.4.